The molecular weight excluding hydrogens is 309 g/mol. The van der Waals surface area contributed by atoms with Gasteiger partial charge in [-0.15, -0.1) is 0 Å². The van der Waals surface area contributed by atoms with E-state index >= 15 is 0 Å². The summed E-state index contributed by atoms with van der Waals surface area (Å²) in [5.41, 5.74) is 2.07. The van der Waals surface area contributed by atoms with Crippen LogP contribution in [0.15, 0.2) is 42.5 Å². The highest BCUT2D eigenvalue weighted by Gasteiger charge is 2.23. The van der Waals surface area contributed by atoms with Crippen LogP contribution in [0, 0.1) is 12.7 Å². The molecule has 0 saturated heterocycles. The first kappa shape index (κ1) is 15.9. The number of phenolic OH excluding ortho intramolecular Hbond substituents is 1. The van der Waals surface area contributed by atoms with Crippen LogP contribution in [0.5, 0.6) is 5.75 Å². The Labute approximate surface area is 138 Å². The van der Waals surface area contributed by atoms with Crippen LogP contribution in [0.2, 0.25) is 0 Å². The highest BCUT2D eigenvalue weighted by atomic mass is 19.1. The molecule has 0 spiro atoms. The molecule has 122 valence electrons. The van der Waals surface area contributed by atoms with Crippen LogP contribution in [0.1, 0.15) is 34.5 Å². The number of fused-ring (bicyclic) bond motifs is 1. The second-order valence-corrected chi connectivity index (χ2v) is 5.78. The normalized spacial score (nSPS) is 12.3. The quantitative estimate of drug-likeness (QED) is 0.745. The summed E-state index contributed by atoms with van der Waals surface area (Å²) in [6, 6.07) is 10.1. The molecule has 1 aromatic heterocycles. The van der Waals surface area contributed by atoms with E-state index in [1.165, 1.54) is 34.9 Å². The zero-order chi connectivity index (χ0) is 17.4. The number of hydrogen-bond donors (Lipinski definition) is 1. The van der Waals surface area contributed by atoms with Crippen molar-refractivity contribution < 1.29 is 19.1 Å². The summed E-state index contributed by atoms with van der Waals surface area (Å²) in [6.07, 6.45) is 0.794. The van der Waals surface area contributed by atoms with Gasteiger partial charge in [0.15, 0.2) is 0 Å². The molecule has 0 amide bonds. The van der Waals surface area contributed by atoms with Crippen LogP contribution in [0.25, 0.3) is 10.9 Å². The lowest BCUT2D eigenvalue weighted by Gasteiger charge is -2.08. The number of aromatic hydroxyl groups is 1. The average molecular weight is 325 g/mol. The number of aldehydes is 1. The molecule has 0 radical (unpaired) electrons. The zero-order valence-corrected chi connectivity index (χ0v) is 13.3. The molecule has 0 fully saturated rings. The van der Waals surface area contributed by atoms with Crippen molar-refractivity contribution in [2.24, 2.45) is 0 Å². The largest absolute Gasteiger partial charge is 0.508 e. The Morgan fingerprint density at radius 2 is 2.00 bits per heavy atom. The first-order valence-corrected chi connectivity index (χ1v) is 7.53. The smallest absolute Gasteiger partial charge is 0.262 e. The maximum atomic E-state index is 13.5. The van der Waals surface area contributed by atoms with Crippen molar-refractivity contribution in [2.45, 2.75) is 19.8 Å². The number of hydrogen-bond acceptors (Lipinski definition) is 3. The average Bonchev–Trinajstić information content (AvgIpc) is 2.84. The van der Waals surface area contributed by atoms with Crippen LogP contribution in [-0.4, -0.2) is 21.9 Å². The number of carbonyl (C=O) groups excluding carboxylic acids is 2. The van der Waals surface area contributed by atoms with Crippen molar-refractivity contribution in [3.05, 3.63) is 65.1 Å². The fraction of sp³-hybridized carbons (Fsp3) is 0.158. The third-order valence-corrected chi connectivity index (χ3v) is 4.17. The Morgan fingerprint density at radius 1 is 1.25 bits per heavy atom. The summed E-state index contributed by atoms with van der Waals surface area (Å²) in [5.74, 6) is -1.26. The summed E-state index contributed by atoms with van der Waals surface area (Å²) in [7, 11) is 0. The first-order valence-electron chi connectivity index (χ1n) is 7.53. The van der Waals surface area contributed by atoms with Gasteiger partial charge in [-0.3, -0.25) is 9.36 Å². The molecule has 24 heavy (non-hydrogen) atoms. The zero-order valence-electron chi connectivity index (χ0n) is 13.3. The van der Waals surface area contributed by atoms with Crippen molar-refractivity contribution in [3.63, 3.8) is 0 Å². The molecule has 0 aliphatic heterocycles. The summed E-state index contributed by atoms with van der Waals surface area (Å²) in [5, 5.41) is 10.4. The predicted octanol–water partition coefficient (Wildman–Crippen LogP) is 3.79. The van der Waals surface area contributed by atoms with E-state index in [0.29, 0.717) is 22.2 Å². The summed E-state index contributed by atoms with van der Waals surface area (Å²) in [6.45, 7) is 3.47. The van der Waals surface area contributed by atoms with Gasteiger partial charge in [0.25, 0.3) is 5.91 Å². The molecule has 5 heteroatoms. The molecule has 0 aliphatic carbocycles. The number of carbonyl (C=O) groups is 2. The van der Waals surface area contributed by atoms with E-state index in [-0.39, 0.29) is 17.2 Å². The lowest BCUT2D eigenvalue weighted by atomic mass is 9.99. The molecule has 1 atom stereocenters. The van der Waals surface area contributed by atoms with Gasteiger partial charge in [0.2, 0.25) is 0 Å². The Morgan fingerprint density at radius 3 is 2.67 bits per heavy atom. The standard InChI is InChI=1S/C19H16FNO3/c1-11(10-22)18-12(2)21(17-7-6-15(23)9-16(17)18)19(24)13-4-3-5-14(20)8-13/h3-11,23H,1-2H3/t11-/m1/s1. The maximum absolute atomic E-state index is 13.5. The third-order valence-electron chi connectivity index (χ3n) is 4.17. The predicted molar refractivity (Wildman–Crippen MR) is 88.9 cm³/mol. The Bertz CT molecular complexity index is 959. The van der Waals surface area contributed by atoms with Gasteiger partial charge < -0.3 is 9.90 Å². The molecule has 1 N–H and O–H groups in total. The molecule has 3 rings (SSSR count). The fourth-order valence-electron chi connectivity index (χ4n) is 3.09. The molecule has 1 heterocycles. The second kappa shape index (κ2) is 5.92. The van der Waals surface area contributed by atoms with E-state index in [2.05, 4.69) is 0 Å². The van der Waals surface area contributed by atoms with Crippen LogP contribution < -0.4 is 0 Å². The van der Waals surface area contributed by atoms with Gasteiger partial charge in [-0.2, -0.15) is 0 Å². The number of halogens is 1. The number of rotatable bonds is 3. The minimum atomic E-state index is -0.492. The first-order chi connectivity index (χ1) is 11.4. The van der Waals surface area contributed by atoms with Crippen LogP contribution in [0.4, 0.5) is 4.39 Å². The summed E-state index contributed by atoms with van der Waals surface area (Å²) < 4.78 is 14.9. The van der Waals surface area contributed by atoms with E-state index in [9.17, 15) is 19.1 Å². The van der Waals surface area contributed by atoms with Gasteiger partial charge in [-0.1, -0.05) is 13.0 Å². The third kappa shape index (κ3) is 2.48. The molecule has 2 aromatic carbocycles. The highest BCUT2D eigenvalue weighted by molar-refractivity contribution is 6.05. The van der Waals surface area contributed by atoms with Crippen molar-refractivity contribution in [3.8, 4) is 5.75 Å². The Kier molecular flexibility index (Phi) is 3.93. The maximum Gasteiger partial charge on any atom is 0.262 e. The molecular formula is C19H16FNO3. The number of nitrogens with zero attached hydrogens (tertiary/aromatic N) is 1. The lowest BCUT2D eigenvalue weighted by Crippen LogP contribution is -2.14. The molecule has 0 bridgehead atoms. The number of benzene rings is 2. The molecule has 4 nitrogen and oxygen atoms in total. The molecule has 0 saturated carbocycles. The molecule has 0 aliphatic rings. The van der Waals surface area contributed by atoms with E-state index < -0.39 is 11.7 Å². The monoisotopic (exact) mass is 325 g/mol. The van der Waals surface area contributed by atoms with E-state index in [0.717, 1.165) is 6.29 Å². The van der Waals surface area contributed by atoms with Gasteiger partial charge in [-0.25, -0.2) is 4.39 Å². The highest BCUT2D eigenvalue weighted by Crippen LogP contribution is 2.33. The number of aromatic nitrogens is 1. The van der Waals surface area contributed by atoms with Crippen molar-refractivity contribution in [1.82, 2.24) is 4.57 Å². The minimum Gasteiger partial charge on any atom is -0.508 e. The van der Waals surface area contributed by atoms with Crippen LogP contribution in [-0.2, 0) is 4.79 Å². The van der Waals surface area contributed by atoms with E-state index in [4.69, 9.17) is 0 Å². The van der Waals surface area contributed by atoms with E-state index in [1.54, 1.807) is 26.0 Å². The second-order valence-electron chi connectivity index (χ2n) is 5.78. The minimum absolute atomic E-state index is 0.0530. The van der Waals surface area contributed by atoms with Gasteiger partial charge in [0.1, 0.15) is 17.9 Å². The van der Waals surface area contributed by atoms with Crippen LogP contribution in [0.3, 0.4) is 0 Å². The summed E-state index contributed by atoms with van der Waals surface area (Å²) in [4.78, 5) is 24.2. The number of phenols is 1. The molecule has 3 aromatic rings. The van der Waals surface area contributed by atoms with Crippen molar-refractivity contribution in [2.75, 3.05) is 0 Å². The summed E-state index contributed by atoms with van der Waals surface area (Å²) >= 11 is 0. The fourth-order valence-corrected chi connectivity index (χ4v) is 3.09. The topological polar surface area (TPSA) is 59.3 Å². The lowest BCUT2D eigenvalue weighted by molar-refractivity contribution is -0.108. The van der Waals surface area contributed by atoms with Crippen LogP contribution >= 0.6 is 0 Å². The van der Waals surface area contributed by atoms with E-state index in [1.807, 2.05) is 0 Å². The van der Waals surface area contributed by atoms with Crippen molar-refractivity contribution >= 4 is 23.1 Å². The Balaban J connectivity index is 2.30. The van der Waals surface area contributed by atoms with Gasteiger partial charge in [0.05, 0.1) is 5.52 Å². The SMILES string of the molecule is Cc1c([C@H](C)C=O)c2cc(O)ccc2n1C(=O)c1cccc(F)c1. The van der Waals surface area contributed by atoms with Crippen molar-refractivity contribution in [1.29, 1.82) is 0 Å². The van der Waals surface area contributed by atoms with Gasteiger partial charge in [-0.05, 0) is 48.9 Å². The van der Waals surface area contributed by atoms with Gasteiger partial charge >= 0.3 is 0 Å². The molecule has 0 unspecified atom stereocenters. The Hall–Kier alpha value is -2.95. The van der Waals surface area contributed by atoms with Gasteiger partial charge in [0, 0.05) is 22.6 Å².